The highest BCUT2D eigenvalue weighted by molar-refractivity contribution is 6.34. The van der Waals surface area contributed by atoms with Crippen LogP contribution >= 0.6 is 11.6 Å². The molecule has 2 N–H and O–H groups in total. The van der Waals surface area contributed by atoms with Crippen molar-refractivity contribution in [2.75, 3.05) is 25.1 Å². The Morgan fingerprint density at radius 1 is 1.29 bits per heavy atom. The van der Waals surface area contributed by atoms with Gasteiger partial charge in [0.05, 0.1) is 16.6 Å². The highest BCUT2D eigenvalue weighted by atomic mass is 35.5. The lowest BCUT2D eigenvalue weighted by Crippen LogP contribution is -2.40. The number of carbonyl (C=O) groups excluding carboxylic acids is 2. The van der Waals surface area contributed by atoms with Crippen molar-refractivity contribution in [2.24, 2.45) is 5.92 Å². The molecular formula is C14H15ClN2O4. The van der Waals surface area contributed by atoms with Crippen LogP contribution in [0.5, 0.6) is 11.5 Å². The van der Waals surface area contributed by atoms with Crippen molar-refractivity contribution < 1.29 is 19.1 Å². The number of hydrogen-bond acceptors (Lipinski definition) is 4. The van der Waals surface area contributed by atoms with Crippen molar-refractivity contribution in [1.29, 1.82) is 0 Å². The second-order valence-electron chi connectivity index (χ2n) is 5.00. The number of benzene rings is 1. The molecule has 1 aromatic rings. The Morgan fingerprint density at radius 3 is 2.67 bits per heavy atom. The number of carbonyl (C=O) groups is 2. The van der Waals surface area contributed by atoms with Crippen LogP contribution in [0.1, 0.15) is 12.8 Å². The molecule has 21 heavy (non-hydrogen) atoms. The Kier molecular flexibility index (Phi) is 3.88. The number of halogens is 1. The Morgan fingerprint density at radius 2 is 2.00 bits per heavy atom. The monoisotopic (exact) mass is 310 g/mol. The molecule has 7 heteroatoms. The molecule has 0 bridgehead atoms. The predicted molar refractivity (Wildman–Crippen MR) is 76.8 cm³/mol. The highest BCUT2D eigenvalue weighted by Gasteiger charge is 2.25. The van der Waals surface area contributed by atoms with E-state index in [1.807, 2.05) is 0 Å². The van der Waals surface area contributed by atoms with Gasteiger partial charge in [-0.15, -0.1) is 0 Å². The summed E-state index contributed by atoms with van der Waals surface area (Å²) in [6, 6.07) is 3.30. The molecule has 1 aromatic carbocycles. The largest absolute Gasteiger partial charge is 0.486 e. The summed E-state index contributed by atoms with van der Waals surface area (Å²) in [5.74, 6) is 0.726. The molecule has 0 spiro atoms. The first-order valence-corrected chi connectivity index (χ1v) is 7.18. The third-order valence-electron chi connectivity index (χ3n) is 3.53. The van der Waals surface area contributed by atoms with Crippen LogP contribution in [0.15, 0.2) is 12.1 Å². The molecule has 2 heterocycles. The molecule has 0 radical (unpaired) electrons. The van der Waals surface area contributed by atoms with E-state index in [4.69, 9.17) is 21.1 Å². The van der Waals surface area contributed by atoms with Gasteiger partial charge >= 0.3 is 0 Å². The molecule has 3 rings (SSSR count). The van der Waals surface area contributed by atoms with Gasteiger partial charge in [-0.25, -0.2) is 0 Å². The molecule has 1 atom stereocenters. The van der Waals surface area contributed by atoms with Gasteiger partial charge in [0.1, 0.15) is 13.2 Å². The average molecular weight is 311 g/mol. The molecule has 2 aliphatic rings. The molecule has 1 saturated heterocycles. The first-order valence-electron chi connectivity index (χ1n) is 6.80. The predicted octanol–water partition coefficient (Wildman–Crippen LogP) is 1.58. The maximum atomic E-state index is 12.2. The number of piperidine rings is 1. The quantitative estimate of drug-likeness (QED) is 0.869. The summed E-state index contributed by atoms with van der Waals surface area (Å²) in [6.07, 6.45) is 0.910. The smallest absolute Gasteiger partial charge is 0.229 e. The standard InChI is InChI=1S/C14H15ClN2O4/c15-9-5-11-12(21-4-3-20-11)6-10(9)17-14(19)8-1-2-13(18)16-7-8/h5-6,8H,1-4,7H2,(H,16,18)(H,17,19). The van der Waals surface area contributed by atoms with Crippen molar-refractivity contribution in [3.05, 3.63) is 17.2 Å². The summed E-state index contributed by atoms with van der Waals surface area (Å²) in [6.45, 7) is 1.31. The molecule has 2 amide bonds. The van der Waals surface area contributed by atoms with Gasteiger partial charge in [-0.2, -0.15) is 0 Å². The lowest BCUT2D eigenvalue weighted by Gasteiger charge is -2.23. The van der Waals surface area contributed by atoms with Crippen LogP contribution in [0.4, 0.5) is 5.69 Å². The second kappa shape index (κ2) is 5.81. The number of nitrogens with one attached hydrogen (secondary N) is 2. The van der Waals surface area contributed by atoms with Gasteiger partial charge < -0.3 is 20.1 Å². The summed E-state index contributed by atoms with van der Waals surface area (Å²) < 4.78 is 10.9. The van der Waals surface area contributed by atoms with Crippen LogP contribution in [-0.4, -0.2) is 31.6 Å². The van der Waals surface area contributed by atoms with Crippen LogP contribution in [0.2, 0.25) is 5.02 Å². The van der Waals surface area contributed by atoms with Gasteiger partial charge in [0.15, 0.2) is 11.5 Å². The van der Waals surface area contributed by atoms with E-state index in [2.05, 4.69) is 10.6 Å². The number of ether oxygens (including phenoxy) is 2. The topological polar surface area (TPSA) is 76.7 Å². The van der Waals surface area contributed by atoms with Crippen molar-refractivity contribution >= 4 is 29.1 Å². The fraction of sp³-hybridized carbons (Fsp3) is 0.429. The summed E-state index contributed by atoms with van der Waals surface area (Å²) in [5.41, 5.74) is 0.489. The van der Waals surface area contributed by atoms with E-state index >= 15 is 0 Å². The van der Waals surface area contributed by atoms with Gasteiger partial charge in [-0.05, 0) is 6.42 Å². The van der Waals surface area contributed by atoms with Crippen molar-refractivity contribution in [2.45, 2.75) is 12.8 Å². The molecule has 2 aliphatic heterocycles. The Hall–Kier alpha value is -1.95. The van der Waals surface area contributed by atoms with Gasteiger partial charge in [-0.3, -0.25) is 9.59 Å². The van der Waals surface area contributed by atoms with Crippen LogP contribution < -0.4 is 20.1 Å². The van der Waals surface area contributed by atoms with Gasteiger partial charge in [0.2, 0.25) is 11.8 Å². The fourth-order valence-corrected chi connectivity index (χ4v) is 2.55. The van der Waals surface area contributed by atoms with Crippen LogP contribution in [0, 0.1) is 5.92 Å². The second-order valence-corrected chi connectivity index (χ2v) is 5.41. The molecule has 0 aromatic heterocycles. The number of amides is 2. The van der Waals surface area contributed by atoms with Crippen LogP contribution in [0.3, 0.4) is 0 Å². The lowest BCUT2D eigenvalue weighted by molar-refractivity contribution is -0.126. The summed E-state index contributed by atoms with van der Waals surface area (Å²) in [7, 11) is 0. The first-order chi connectivity index (χ1) is 10.1. The average Bonchev–Trinajstić information content (AvgIpc) is 2.48. The number of hydrogen-bond donors (Lipinski definition) is 2. The minimum Gasteiger partial charge on any atom is -0.486 e. The van der Waals surface area contributed by atoms with Gasteiger partial charge in [-0.1, -0.05) is 11.6 Å². The van der Waals surface area contributed by atoms with Crippen molar-refractivity contribution in [3.63, 3.8) is 0 Å². The van der Waals surface area contributed by atoms with Gasteiger partial charge in [0, 0.05) is 25.1 Å². The maximum Gasteiger partial charge on any atom is 0.229 e. The van der Waals surface area contributed by atoms with Crippen molar-refractivity contribution in [3.8, 4) is 11.5 Å². The third-order valence-corrected chi connectivity index (χ3v) is 3.84. The van der Waals surface area contributed by atoms with E-state index < -0.39 is 0 Å². The van der Waals surface area contributed by atoms with E-state index in [-0.39, 0.29) is 17.7 Å². The summed E-state index contributed by atoms with van der Waals surface area (Å²) in [5, 5.41) is 5.87. The number of fused-ring (bicyclic) bond motifs is 1. The van der Waals surface area contributed by atoms with Gasteiger partial charge in [0.25, 0.3) is 0 Å². The van der Waals surface area contributed by atoms with Crippen LogP contribution in [0.25, 0.3) is 0 Å². The summed E-state index contributed by atoms with van der Waals surface area (Å²) in [4.78, 5) is 23.3. The molecular weight excluding hydrogens is 296 g/mol. The van der Waals surface area contributed by atoms with E-state index in [1.54, 1.807) is 12.1 Å². The normalized spacial score (nSPS) is 20.6. The maximum absolute atomic E-state index is 12.2. The van der Waals surface area contributed by atoms with Crippen LogP contribution in [-0.2, 0) is 9.59 Å². The molecule has 0 aliphatic carbocycles. The minimum absolute atomic E-state index is 0.0172. The van der Waals surface area contributed by atoms with E-state index in [0.717, 1.165) is 0 Å². The molecule has 6 nitrogen and oxygen atoms in total. The van der Waals surface area contributed by atoms with Crippen molar-refractivity contribution in [1.82, 2.24) is 5.32 Å². The molecule has 1 fully saturated rings. The minimum atomic E-state index is -0.244. The Labute approximate surface area is 126 Å². The first kappa shape index (κ1) is 14.0. The Bertz CT molecular complexity index is 581. The van der Waals surface area contributed by atoms with E-state index in [0.29, 0.717) is 54.8 Å². The number of rotatable bonds is 2. The zero-order valence-electron chi connectivity index (χ0n) is 11.3. The molecule has 112 valence electrons. The molecule has 0 saturated carbocycles. The summed E-state index contributed by atoms with van der Waals surface area (Å²) >= 11 is 6.15. The highest BCUT2D eigenvalue weighted by Crippen LogP contribution is 2.38. The lowest BCUT2D eigenvalue weighted by atomic mass is 9.98. The zero-order valence-corrected chi connectivity index (χ0v) is 12.0. The van der Waals surface area contributed by atoms with E-state index in [9.17, 15) is 9.59 Å². The number of anilines is 1. The SMILES string of the molecule is O=C1CCC(C(=O)Nc2cc3c(cc2Cl)OCCO3)CN1. The third kappa shape index (κ3) is 3.05. The fourth-order valence-electron chi connectivity index (χ4n) is 2.35. The zero-order chi connectivity index (χ0) is 14.8. The Balaban J connectivity index is 1.72. The molecule has 1 unspecified atom stereocenters. The van der Waals surface area contributed by atoms with E-state index in [1.165, 1.54) is 0 Å².